The molecule has 2 fully saturated rings. The zero-order valence-corrected chi connectivity index (χ0v) is 27.7. The molecule has 2 N–H and O–H groups in total. The molecule has 0 aliphatic carbocycles. The molecule has 12 heteroatoms. The molecular formula is C37H43N3O9. The van der Waals surface area contributed by atoms with Crippen LogP contribution in [0.15, 0.2) is 78.9 Å². The maximum absolute atomic E-state index is 14.7. The molecule has 49 heavy (non-hydrogen) atoms. The molecule has 0 radical (unpaired) electrons. The Morgan fingerprint density at radius 3 is 2.47 bits per heavy atom. The normalized spacial score (nSPS) is 30.7. The van der Waals surface area contributed by atoms with Gasteiger partial charge in [0.1, 0.15) is 29.4 Å². The number of carbonyl (C=O) groups is 4. The summed E-state index contributed by atoms with van der Waals surface area (Å²) in [6.45, 7) is 0.421. The summed E-state index contributed by atoms with van der Waals surface area (Å²) >= 11 is 0. The van der Waals surface area contributed by atoms with Crippen molar-refractivity contribution in [3.63, 3.8) is 0 Å². The van der Waals surface area contributed by atoms with Gasteiger partial charge in [0.25, 0.3) is 5.91 Å². The van der Waals surface area contributed by atoms with Crippen molar-refractivity contribution >= 4 is 29.4 Å². The molecule has 0 aromatic heterocycles. The molecule has 4 heterocycles. The number of nitrogens with zero attached hydrogens (tertiary/aromatic N) is 2. The molecule has 2 aromatic carbocycles. The number of likely N-dealkylation sites (tertiary alicyclic amines) is 1. The molecule has 2 saturated heterocycles. The van der Waals surface area contributed by atoms with Crippen molar-refractivity contribution in [1.29, 1.82) is 0 Å². The summed E-state index contributed by atoms with van der Waals surface area (Å²) < 4.78 is 23.8. The van der Waals surface area contributed by atoms with Crippen LogP contribution in [0, 0.1) is 11.8 Å². The van der Waals surface area contributed by atoms with E-state index in [1.807, 2.05) is 36.4 Å². The minimum atomic E-state index is -1.48. The number of esters is 1. The third-order valence-corrected chi connectivity index (χ3v) is 9.75. The lowest BCUT2D eigenvalue weighted by Crippen LogP contribution is -2.55. The number of cyclic esters (lactones) is 1. The molecule has 260 valence electrons. The second-order valence-electron chi connectivity index (χ2n) is 12.7. The highest BCUT2D eigenvalue weighted by Gasteiger charge is 2.71. The Labute approximate surface area is 285 Å². The fourth-order valence-corrected chi connectivity index (χ4v) is 7.52. The van der Waals surface area contributed by atoms with Crippen molar-refractivity contribution in [2.24, 2.45) is 11.8 Å². The summed E-state index contributed by atoms with van der Waals surface area (Å²) in [6.07, 6.45) is 6.66. The summed E-state index contributed by atoms with van der Waals surface area (Å²) in [5.41, 5.74) is -0.207. The number of allylic oxidation sites excluding steroid dienone is 1. The SMILES string of the molecule is COC[C@@H]1NC(=O)CC/C=C\[C@@H]2O[C@@]34C=CCN(c5ccc(OC)cc5)C(=O)[C@@H]3N(CCCCO)C(=O)[C@H]4[C@@H]2C(=O)O[C@H]1c1ccccc1. The van der Waals surface area contributed by atoms with Crippen LogP contribution in [0.1, 0.15) is 37.4 Å². The second kappa shape index (κ2) is 14.9. The zero-order valence-electron chi connectivity index (χ0n) is 27.7. The second-order valence-corrected chi connectivity index (χ2v) is 12.7. The number of nitrogens with one attached hydrogen (secondary N) is 1. The highest BCUT2D eigenvalue weighted by molar-refractivity contribution is 6.05. The first kappa shape index (κ1) is 34.3. The van der Waals surface area contributed by atoms with Gasteiger partial charge in [0.2, 0.25) is 11.8 Å². The minimum Gasteiger partial charge on any atom is -0.497 e. The lowest BCUT2D eigenvalue weighted by Gasteiger charge is -2.35. The van der Waals surface area contributed by atoms with Crippen molar-refractivity contribution in [1.82, 2.24) is 10.2 Å². The van der Waals surface area contributed by atoms with Crippen molar-refractivity contribution in [2.75, 3.05) is 45.4 Å². The molecule has 6 rings (SSSR count). The fourth-order valence-electron chi connectivity index (χ4n) is 7.52. The van der Waals surface area contributed by atoms with Crippen LogP contribution in [0.2, 0.25) is 0 Å². The number of methoxy groups -OCH3 is 2. The Kier molecular flexibility index (Phi) is 10.5. The first-order valence-electron chi connectivity index (χ1n) is 16.8. The van der Waals surface area contributed by atoms with Gasteiger partial charge in [-0.25, -0.2) is 0 Å². The van der Waals surface area contributed by atoms with Gasteiger partial charge in [-0.15, -0.1) is 0 Å². The van der Waals surface area contributed by atoms with Crippen LogP contribution in [-0.2, 0) is 33.4 Å². The third-order valence-electron chi connectivity index (χ3n) is 9.75. The fraction of sp³-hybridized carbons (Fsp3) is 0.459. The number of hydrogen-bond acceptors (Lipinski definition) is 9. The number of ether oxygens (including phenoxy) is 4. The number of aliphatic hydroxyl groups is 1. The Hall–Kier alpha value is -4.52. The highest BCUT2D eigenvalue weighted by atomic mass is 16.6. The number of aliphatic hydroxyl groups excluding tert-OH is 1. The van der Waals surface area contributed by atoms with Crippen LogP contribution in [0.4, 0.5) is 5.69 Å². The summed E-state index contributed by atoms with van der Waals surface area (Å²) in [5.74, 6) is -3.17. The number of benzene rings is 2. The van der Waals surface area contributed by atoms with E-state index in [0.29, 0.717) is 36.3 Å². The Morgan fingerprint density at radius 1 is 0.980 bits per heavy atom. The molecular weight excluding hydrogens is 630 g/mol. The molecule has 4 aliphatic heterocycles. The summed E-state index contributed by atoms with van der Waals surface area (Å²) in [7, 11) is 3.07. The van der Waals surface area contributed by atoms with Gasteiger partial charge in [-0.05, 0) is 49.1 Å². The number of carbonyl (C=O) groups excluding carboxylic acids is 4. The number of fused-ring (bicyclic) bond motifs is 2. The first-order valence-corrected chi connectivity index (χ1v) is 16.8. The third kappa shape index (κ3) is 6.60. The van der Waals surface area contributed by atoms with E-state index in [2.05, 4.69) is 5.32 Å². The first-order chi connectivity index (χ1) is 23.8. The lowest BCUT2D eigenvalue weighted by molar-refractivity contribution is -0.162. The summed E-state index contributed by atoms with van der Waals surface area (Å²) in [5, 5.41) is 12.5. The average Bonchev–Trinajstić information content (AvgIpc) is 3.49. The monoisotopic (exact) mass is 673 g/mol. The molecule has 7 atom stereocenters. The number of rotatable bonds is 9. The molecule has 0 bridgehead atoms. The van der Waals surface area contributed by atoms with E-state index in [-0.39, 0.29) is 50.4 Å². The number of hydrogen-bond donors (Lipinski definition) is 2. The van der Waals surface area contributed by atoms with E-state index in [9.17, 15) is 24.3 Å². The summed E-state index contributed by atoms with van der Waals surface area (Å²) in [6, 6.07) is 14.4. The van der Waals surface area contributed by atoms with Crippen LogP contribution in [0.25, 0.3) is 0 Å². The van der Waals surface area contributed by atoms with Crippen LogP contribution in [-0.4, -0.2) is 98.0 Å². The van der Waals surface area contributed by atoms with Crippen molar-refractivity contribution in [3.05, 3.63) is 84.5 Å². The molecule has 1 spiro atoms. The maximum atomic E-state index is 14.7. The topological polar surface area (TPSA) is 144 Å². The van der Waals surface area contributed by atoms with E-state index in [0.717, 1.165) is 0 Å². The van der Waals surface area contributed by atoms with Gasteiger partial charge in [0, 0.05) is 38.9 Å². The predicted molar refractivity (Wildman–Crippen MR) is 178 cm³/mol. The van der Waals surface area contributed by atoms with E-state index >= 15 is 0 Å². The van der Waals surface area contributed by atoms with Crippen molar-refractivity contribution < 1.29 is 43.2 Å². The quantitative estimate of drug-likeness (QED) is 0.233. The van der Waals surface area contributed by atoms with Gasteiger partial charge in [0.05, 0.1) is 31.8 Å². The number of amides is 3. The molecule has 2 aromatic rings. The van der Waals surface area contributed by atoms with E-state index in [1.54, 1.807) is 54.5 Å². The van der Waals surface area contributed by atoms with Crippen LogP contribution in [0.5, 0.6) is 5.75 Å². The molecule has 3 amide bonds. The Bertz CT molecular complexity index is 1580. The smallest absolute Gasteiger partial charge is 0.313 e. The van der Waals surface area contributed by atoms with Gasteiger partial charge >= 0.3 is 5.97 Å². The van der Waals surface area contributed by atoms with Gasteiger partial charge in [-0.2, -0.15) is 0 Å². The van der Waals surface area contributed by atoms with E-state index in [4.69, 9.17) is 18.9 Å². The largest absolute Gasteiger partial charge is 0.497 e. The molecule has 4 aliphatic rings. The number of unbranched alkanes of at least 4 members (excludes halogenated alkanes) is 1. The van der Waals surface area contributed by atoms with E-state index < -0.39 is 47.7 Å². The van der Waals surface area contributed by atoms with Gasteiger partial charge in [0.15, 0.2) is 0 Å². The van der Waals surface area contributed by atoms with Crippen LogP contribution < -0.4 is 15.0 Å². The molecule has 0 saturated carbocycles. The standard InChI is InChI=1S/C37H43N3O9/c1-46-23-27-32(24-11-4-3-5-12-24)48-36(45)30-28(13-6-7-14-29(42)38-27)49-37-19-10-21-39(25-15-17-26(47-2)18-16-25)35(44)33(37)40(20-8-9-22-41)34(43)31(30)37/h3-6,10-13,15-19,27-28,30-33,41H,7-9,14,20-23H2,1-2H3,(H,38,42)/b13-6-/t27-,28-,30+,31+,32-,33-,37+/m0/s1. The maximum Gasteiger partial charge on any atom is 0.313 e. The predicted octanol–water partition coefficient (Wildman–Crippen LogP) is 2.72. The Morgan fingerprint density at radius 2 is 1.76 bits per heavy atom. The van der Waals surface area contributed by atoms with Gasteiger partial charge in [-0.3, -0.25) is 19.2 Å². The van der Waals surface area contributed by atoms with Gasteiger partial charge in [-0.1, -0.05) is 54.6 Å². The lowest BCUT2D eigenvalue weighted by atomic mass is 9.77. The average molecular weight is 674 g/mol. The summed E-state index contributed by atoms with van der Waals surface area (Å²) in [4.78, 5) is 59.9. The number of anilines is 1. The van der Waals surface area contributed by atoms with Crippen LogP contribution in [0.3, 0.4) is 0 Å². The van der Waals surface area contributed by atoms with E-state index in [1.165, 1.54) is 12.0 Å². The molecule has 0 unspecified atom stereocenters. The van der Waals surface area contributed by atoms with Crippen molar-refractivity contribution in [3.8, 4) is 5.75 Å². The van der Waals surface area contributed by atoms with Crippen LogP contribution >= 0.6 is 0 Å². The highest BCUT2D eigenvalue weighted by Crippen LogP contribution is 2.53. The zero-order chi connectivity index (χ0) is 34.5. The molecule has 12 nitrogen and oxygen atoms in total. The minimum absolute atomic E-state index is 0.0640. The van der Waals surface area contributed by atoms with Crippen molar-refractivity contribution in [2.45, 2.75) is 55.6 Å². The Balaban J connectivity index is 1.43. The van der Waals surface area contributed by atoms with Gasteiger partial charge < -0.3 is 39.2 Å².